The van der Waals surface area contributed by atoms with Crippen LogP contribution in [0.3, 0.4) is 0 Å². The smallest absolute Gasteiger partial charge is 0.292 e. The number of amidine groups is 1. The Morgan fingerprint density at radius 1 is 1.30 bits per heavy atom. The molecule has 1 aromatic heterocycles. The zero-order chi connectivity index (χ0) is 18.5. The van der Waals surface area contributed by atoms with Crippen LogP contribution in [0.1, 0.15) is 12.8 Å². The number of rotatable bonds is 3. The highest BCUT2D eigenvalue weighted by Crippen LogP contribution is 2.43. The van der Waals surface area contributed by atoms with Crippen LogP contribution in [0.5, 0.6) is 5.75 Å². The minimum Gasteiger partial charge on any atom is -0.585 e. The molecule has 1 aromatic carbocycles. The van der Waals surface area contributed by atoms with Crippen LogP contribution in [0.15, 0.2) is 34.6 Å². The fourth-order valence-corrected chi connectivity index (χ4v) is 5.28. The molecule has 1 spiro atoms. The molecule has 0 aliphatic carbocycles. The van der Waals surface area contributed by atoms with Gasteiger partial charge >= 0.3 is 0 Å². The average molecular weight is 381 g/mol. The monoisotopic (exact) mass is 381 g/mol. The minimum absolute atomic E-state index is 0.232. The zero-order valence-corrected chi connectivity index (χ0v) is 16.2. The number of thiazole rings is 1. The van der Waals surface area contributed by atoms with E-state index in [-0.39, 0.29) is 5.60 Å². The molecule has 2 bridgehead atoms. The highest BCUT2D eigenvalue weighted by Gasteiger charge is 2.54. The first kappa shape index (κ1) is 17.1. The number of nitrogens with one attached hydrogen (secondary N) is 1. The lowest BCUT2D eigenvalue weighted by Crippen LogP contribution is -2.69. The average Bonchev–Trinajstić information content (AvgIpc) is 3.30. The maximum absolute atomic E-state index is 6.50. The highest BCUT2D eigenvalue weighted by molar-refractivity contribution is 7.14. The second-order valence-corrected chi connectivity index (χ2v) is 8.64. The molecule has 6 rings (SSSR count). The number of anilines is 1. The summed E-state index contributed by atoms with van der Waals surface area (Å²) in [6.45, 7) is 3.64. The molecule has 6 nitrogen and oxygen atoms in total. The van der Waals surface area contributed by atoms with Crippen molar-refractivity contribution in [2.24, 2.45) is 10.9 Å². The maximum Gasteiger partial charge on any atom is 0.292 e. The number of ether oxygens (including phenoxy) is 2. The Morgan fingerprint density at radius 2 is 2.07 bits per heavy atom. The molecular formula is C19H22BN4O2S. The Labute approximate surface area is 164 Å². The standard InChI is InChI=1S/C19H22BN4O2S/c1-25-15-4-2-13(3-5-15)16-10-27-18(22-16)23-17-21-11-19(26-17)12-24(20)8-6-14(19)7-9-24/h2-5,10,14H,6-9,11-12H2,1H3,(H,21,22,23). The molecule has 1 unspecified atom stereocenters. The highest BCUT2D eigenvalue weighted by atomic mass is 32.1. The predicted molar refractivity (Wildman–Crippen MR) is 107 cm³/mol. The van der Waals surface area contributed by atoms with Gasteiger partial charge in [0, 0.05) is 30.0 Å². The molecule has 139 valence electrons. The van der Waals surface area contributed by atoms with Gasteiger partial charge < -0.3 is 13.9 Å². The van der Waals surface area contributed by atoms with Crippen molar-refractivity contribution >= 4 is 30.5 Å². The van der Waals surface area contributed by atoms with Crippen LogP contribution in [-0.2, 0) is 4.74 Å². The van der Waals surface area contributed by atoms with E-state index in [2.05, 4.69) is 15.3 Å². The Bertz CT molecular complexity index is 876. The van der Waals surface area contributed by atoms with Gasteiger partial charge in [0.05, 0.1) is 25.9 Å². The van der Waals surface area contributed by atoms with Crippen molar-refractivity contribution in [2.45, 2.75) is 18.4 Å². The predicted octanol–water partition coefficient (Wildman–Crippen LogP) is 2.68. The normalized spacial score (nSPS) is 31.6. The number of hydrogen-bond acceptors (Lipinski definition) is 6. The lowest BCUT2D eigenvalue weighted by Gasteiger charge is -2.64. The third kappa shape index (κ3) is 3.01. The number of benzene rings is 1. The number of nitrogens with zero attached hydrogens (tertiary/aromatic N) is 3. The molecule has 3 saturated heterocycles. The molecule has 1 atom stereocenters. The van der Waals surface area contributed by atoms with Crippen molar-refractivity contribution in [3.8, 4) is 17.0 Å². The largest absolute Gasteiger partial charge is 0.585 e. The topological polar surface area (TPSA) is 55.7 Å². The van der Waals surface area contributed by atoms with Crippen molar-refractivity contribution in [2.75, 3.05) is 38.6 Å². The van der Waals surface area contributed by atoms with Gasteiger partial charge in [0.2, 0.25) is 0 Å². The van der Waals surface area contributed by atoms with E-state index in [1.54, 1.807) is 18.4 Å². The van der Waals surface area contributed by atoms with E-state index in [1.807, 2.05) is 29.6 Å². The molecule has 8 heteroatoms. The minimum atomic E-state index is -0.232. The SMILES string of the molecule is [B-][N+]12CCC(CC1)C1(CN=C(Nc3nc(-c4ccc(OC)cc4)cs3)O1)C2. The maximum atomic E-state index is 6.50. The van der Waals surface area contributed by atoms with Crippen LogP contribution in [0.25, 0.3) is 11.3 Å². The molecule has 4 aliphatic heterocycles. The Kier molecular flexibility index (Phi) is 3.95. The van der Waals surface area contributed by atoms with E-state index >= 15 is 0 Å². The number of fused-ring (bicyclic) bond motifs is 2. The van der Waals surface area contributed by atoms with Crippen LogP contribution >= 0.6 is 11.3 Å². The van der Waals surface area contributed by atoms with Gasteiger partial charge in [-0.15, -0.1) is 11.3 Å². The number of quaternary nitrogens is 1. The third-order valence-corrected chi connectivity index (χ3v) is 6.82. The van der Waals surface area contributed by atoms with E-state index < -0.39 is 0 Å². The number of aromatic nitrogens is 1. The number of aliphatic imine (C=N–C) groups is 1. The Morgan fingerprint density at radius 3 is 2.78 bits per heavy atom. The summed E-state index contributed by atoms with van der Waals surface area (Å²) in [5.74, 6) is 1.39. The van der Waals surface area contributed by atoms with Gasteiger partial charge in [0.25, 0.3) is 6.02 Å². The number of methoxy groups -OCH3 is 1. The summed E-state index contributed by atoms with van der Waals surface area (Å²) < 4.78 is 12.2. The van der Waals surface area contributed by atoms with Gasteiger partial charge in [0.15, 0.2) is 10.7 Å². The van der Waals surface area contributed by atoms with Gasteiger partial charge in [-0.05, 0) is 37.1 Å². The van der Waals surface area contributed by atoms with E-state index in [0.29, 0.717) is 22.9 Å². The van der Waals surface area contributed by atoms with Gasteiger partial charge in [-0.1, -0.05) is 0 Å². The number of piperidine rings is 3. The fourth-order valence-electron chi connectivity index (χ4n) is 4.57. The summed E-state index contributed by atoms with van der Waals surface area (Å²) in [6.07, 6.45) is 2.25. The van der Waals surface area contributed by atoms with E-state index in [0.717, 1.165) is 54.6 Å². The summed E-state index contributed by atoms with van der Waals surface area (Å²) in [4.78, 5) is 9.30. The summed E-state index contributed by atoms with van der Waals surface area (Å²) in [6, 6.07) is 8.47. The van der Waals surface area contributed by atoms with Crippen molar-refractivity contribution in [1.82, 2.24) is 4.98 Å². The Hall–Kier alpha value is -2.06. The molecule has 2 aromatic rings. The van der Waals surface area contributed by atoms with E-state index in [9.17, 15) is 0 Å². The van der Waals surface area contributed by atoms with Gasteiger partial charge in [-0.3, -0.25) is 5.32 Å². The first-order chi connectivity index (χ1) is 13.1. The van der Waals surface area contributed by atoms with Gasteiger partial charge in [-0.25, -0.2) is 18.0 Å². The first-order valence-corrected chi connectivity index (χ1v) is 10.2. The summed E-state index contributed by atoms with van der Waals surface area (Å²) in [5.41, 5.74) is 1.74. The zero-order valence-electron chi connectivity index (χ0n) is 15.4. The van der Waals surface area contributed by atoms with Crippen LogP contribution in [0, 0.1) is 5.92 Å². The van der Waals surface area contributed by atoms with Gasteiger partial charge in [0.1, 0.15) is 5.75 Å². The van der Waals surface area contributed by atoms with Crippen LogP contribution < -0.4 is 10.1 Å². The van der Waals surface area contributed by atoms with Crippen molar-refractivity contribution < 1.29 is 13.9 Å². The molecule has 0 amide bonds. The molecule has 3 fully saturated rings. The van der Waals surface area contributed by atoms with E-state index in [4.69, 9.17) is 17.5 Å². The molecule has 1 N–H and O–H groups in total. The summed E-state index contributed by atoms with van der Waals surface area (Å²) in [5, 5.41) is 6.08. The van der Waals surface area contributed by atoms with E-state index in [1.165, 1.54) is 0 Å². The third-order valence-electron chi connectivity index (χ3n) is 6.07. The summed E-state index contributed by atoms with van der Waals surface area (Å²) in [7, 11) is 8.17. The van der Waals surface area contributed by atoms with Gasteiger partial charge in [-0.2, -0.15) is 0 Å². The van der Waals surface area contributed by atoms with Crippen molar-refractivity contribution in [1.29, 1.82) is 0 Å². The van der Waals surface area contributed by atoms with Crippen molar-refractivity contribution in [3.05, 3.63) is 29.6 Å². The fraction of sp³-hybridized carbons (Fsp3) is 0.474. The lowest BCUT2D eigenvalue weighted by atomic mass is 9.72. The quantitative estimate of drug-likeness (QED) is 0.831. The van der Waals surface area contributed by atoms with Crippen LogP contribution in [0.4, 0.5) is 5.13 Å². The molecule has 5 heterocycles. The molecule has 27 heavy (non-hydrogen) atoms. The second kappa shape index (κ2) is 6.24. The Balaban J connectivity index is 1.27. The summed E-state index contributed by atoms with van der Waals surface area (Å²) >= 11 is 1.55. The lowest BCUT2D eigenvalue weighted by molar-refractivity contribution is -0.845. The second-order valence-electron chi connectivity index (χ2n) is 7.78. The molecule has 4 aliphatic rings. The van der Waals surface area contributed by atoms with Crippen LogP contribution in [0.2, 0.25) is 0 Å². The number of hydrogen-bond donors (Lipinski definition) is 1. The van der Waals surface area contributed by atoms with Crippen LogP contribution in [-0.4, -0.2) is 62.3 Å². The van der Waals surface area contributed by atoms with Crippen molar-refractivity contribution in [3.63, 3.8) is 0 Å². The molecular weight excluding hydrogens is 359 g/mol. The first-order valence-electron chi connectivity index (χ1n) is 9.33. The molecule has 0 saturated carbocycles. The molecule has 3 radical (unpaired) electrons.